The average Bonchev–Trinajstić information content (AvgIpc) is 2.80. The predicted molar refractivity (Wildman–Crippen MR) is 83.1 cm³/mol. The average molecular weight is 296 g/mol. The van der Waals surface area contributed by atoms with Gasteiger partial charge in [-0.2, -0.15) is 5.10 Å². The summed E-state index contributed by atoms with van der Waals surface area (Å²) in [5.74, 6) is 0. The summed E-state index contributed by atoms with van der Waals surface area (Å²) < 4.78 is 7.20. The molecule has 6 heteroatoms. The Kier molecular flexibility index (Phi) is 6.68. The van der Waals surface area contributed by atoms with Gasteiger partial charge in [0.2, 0.25) is 0 Å². The van der Waals surface area contributed by atoms with Gasteiger partial charge in [-0.1, -0.05) is 6.92 Å². The van der Waals surface area contributed by atoms with Crippen molar-refractivity contribution in [2.75, 3.05) is 6.54 Å². The molecule has 2 N–H and O–H groups in total. The third kappa shape index (κ3) is 7.13. The minimum absolute atomic E-state index is 0.155. The van der Waals surface area contributed by atoms with E-state index in [1.54, 1.807) is 0 Å². The normalized spacial score (nSPS) is 13.0. The van der Waals surface area contributed by atoms with Crippen LogP contribution in [0.5, 0.6) is 0 Å². The van der Waals surface area contributed by atoms with Gasteiger partial charge in [0.1, 0.15) is 5.60 Å². The van der Waals surface area contributed by atoms with Crippen molar-refractivity contribution in [3.05, 3.63) is 18.0 Å². The van der Waals surface area contributed by atoms with Crippen LogP contribution in [0.15, 0.2) is 12.3 Å². The van der Waals surface area contributed by atoms with E-state index in [1.807, 2.05) is 44.6 Å². The van der Waals surface area contributed by atoms with Crippen molar-refractivity contribution in [1.29, 1.82) is 0 Å². The van der Waals surface area contributed by atoms with Gasteiger partial charge in [-0.25, -0.2) is 4.79 Å². The van der Waals surface area contributed by atoms with Gasteiger partial charge >= 0.3 is 6.09 Å². The Morgan fingerprint density at radius 1 is 1.48 bits per heavy atom. The molecule has 0 spiro atoms. The zero-order valence-corrected chi connectivity index (χ0v) is 13.8. The minimum atomic E-state index is -0.465. The summed E-state index contributed by atoms with van der Waals surface area (Å²) in [4.78, 5) is 11.6. The summed E-state index contributed by atoms with van der Waals surface area (Å²) in [6.45, 7) is 11.9. The Hall–Kier alpha value is -1.56. The zero-order valence-electron chi connectivity index (χ0n) is 13.8. The highest BCUT2D eigenvalue weighted by Crippen LogP contribution is 2.06. The largest absolute Gasteiger partial charge is 0.444 e. The van der Waals surface area contributed by atoms with E-state index in [4.69, 9.17) is 4.74 Å². The molecule has 1 heterocycles. The molecule has 0 radical (unpaired) electrons. The number of aryl methyl sites for hydroxylation is 1. The van der Waals surface area contributed by atoms with Crippen LogP contribution in [-0.2, 0) is 17.8 Å². The van der Waals surface area contributed by atoms with Crippen LogP contribution >= 0.6 is 0 Å². The summed E-state index contributed by atoms with van der Waals surface area (Å²) in [5, 5.41) is 10.4. The number of amides is 1. The Morgan fingerprint density at radius 3 is 2.81 bits per heavy atom. The number of rotatable bonds is 7. The molecule has 1 rings (SSSR count). The number of ether oxygens (including phenoxy) is 1. The Morgan fingerprint density at radius 2 is 2.19 bits per heavy atom. The van der Waals surface area contributed by atoms with Crippen molar-refractivity contribution in [2.45, 2.75) is 65.8 Å². The topological polar surface area (TPSA) is 68.2 Å². The number of aromatic nitrogens is 2. The van der Waals surface area contributed by atoms with Crippen molar-refractivity contribution in [1.82, 2.24) is 20.4 Å². The standard InChI is InChI=1S/C15H28N4O2/c1-6-9-19-13(7-8-18-19)11-16-12(2)10-17-14(20)21-15(3,4)5/h7-8,12,16H,6,9-11H2,1-5H3,(H,17,20). The molecule has 1 amide bonds. The summed E-state index contributed by atoms with van der Waals surface area (Å²) in [7, 11) is 0. The first-order valence-electron chi connectivity index (χ1n) is 7.52. The first-order valence-corrected chi connectivity index (χ1v) is 7.52. The second-order valence-electron chi connectivity index (χ2n) is 6.21. The first-order chi connectivity index (χ1) is 9.81. The molecule has 21 heavy (non-hydrogen) atoms. The molecule has 6 nitrogen and oxygen atoms in total. The maximum atomic E-state index is 11.6. The lowest BCUT2D eigenvalue weighted by atomic mass is 10.2. The predicted octanol–water partition coefficient (Wildman–Crippen LogP) is 2.30. The highest BCUT2D eigenvalue weighted by molar-refractivity contribution is 5.67. The summed E-state index contributed by atoms with van der Waals surface area (Å²) in [5.41, 5.74) is 0.689. The molecule has 0 aliphatic heterocycles. The molecule has 1 atom stereocenters. The van der Waals surface area contributed by atoms with E-state index in [9.17, 15) is 4.79 Å². The van der Waals surface area contributed by atoms with Crippen molar-refractivity contribution >= 4 is 6.09 Å². The molecule has 0 fully saturated rings. The monoisotopic (exact) mass is 296 g/mol. The molecular formula is C15H28N4O2. The van der Waals surface area contributed by atoms with Gasteiger partial charge in [-0.3, -0.25) is 4.68 Å². The molecule has 0 aromatic carbocycles. The zero-order chi connectivity index (χ0) is 15.9. The maximum Gasteiger partial charge on any atom is 0.407 e. The van der Waals surface area contributed by atoms with Crippen molar-refractivity contribution < 1.29 is 9.53 Å². The molecule has 0 aliphatic rings. The van der Waals surface area contributed by atoms with E-state index < -0.39 is 5.60 Å². The number of hydrogen-bond acceptors (Lipinski definition) is 4. The fourth-order valence-corrected chi connectivity index (χ4v) is 1.82. The number of alkyl carbamates (subject to hydrolysis) is 1. The van der Waals surface area contributed by atoms with Crippen LogP contribution in [0.1, 0.15) is 46.7 Å². The third-order valence-corrected chi connectivity index (χ3v) is 2.82. The second-order valence-corrected chi connectivity index (χ2v) is 6.21. The lowest BCUT2D eigenvalue weighted by Gasteiger charge is -2.21. The summed E-state index contributed by atoms with van der Waals surface area (Å²) >= 11 is 0. The highest BCUT2D eigenvalue weighted by Gasteiger charge is 2.16. The molecular weight excluding hydrogens is 268 g/mol. The van der Waals surface area contributed by atoms with E-state index >= 15 is 0 Å². The van der Waals surface area contributed by atoms with Crippen LogP contribution in [0.2, 0.25) is 0 Å². The third-order valence-electron chi connectivity index (χ3n) is 2.82. The van der Waals surface area contributed by atoms with E-state index in [0.717, 1.165) is 25.2 Å². The van der Waals surface area contributed by atoms with Crippen LogP contribution in [0.25, 0.3) is 0 Å². The Bertz CT molecular complexity index is 437. The van der Waals surface area contributed by atoms with E-state index in [0.29, 0.717) is 6.54 Å². The van der Waals surface area contributed by atoms with E-state index in [1.165, 1.54) is 0 Å². The SMILES string of the molecule is CCCn1nccc1CNC(C)CNC(=O)OC(C)(C)C. The molecule has 0 saturated carbocycles. The molecule has 1 aromatic rings. The first kappa shape index (κ1) is 17.5. The van der Waals surface area contributed by atoms with Crippen LogP contribution < -0.4 is 10.6 Å². The lowest BCUT2D eigenvalue weighted by Crippen LogP contribution is -2.41. The number of nitrogens with one attached hydrogen (secondary N) is 2. The van der Waals surface area contributed by atoms with Crippen LogP contribution in [-0.4, -0.2) is 34.1 Å². The molecule has 0 bridgehead atoms. The summed E-state index contributed by atoms with van der Waals surface area (Å²) in [6.07, 6.45) is 2.49. The molecule has 1 aromatic heterocycles. The van der Waals surface area contributed by atoms with Gasteiger partial charge in [-0.05, 0) is 40.2 Å². The number of carbonyl (C=O) groups excluding carboxylic acids is 1. The number of hydrogen-bond donors (Lipinski definition) is 2. The van der Waals surface area contributed by atoms with Crippen LogP contribution in [0, 0.1) is 0 Å². The van der Waals surface area contributed by atoms with Gasteiger partial charge < -0.3 is 15.4 Å². The highest BCUT2D eigenvalue weighted by atomic mass is 16.6. The van der Waals surface area contributed by atoms with Crippen LogP contribution in [0.4, 0.5) is 4.79 Å². The molecule has 120 valence electrons. The van der Waals surface area contributed by atoms with Gasteiger partial charge in [0, 0.05) is 31.9 Å². The minimum Gasteiger partial charge on any atom is -0.444 e. The lowest BCUT2D eigenvalue weighted by molar-refractivity contribution is 0.0523. The fourth-order valence-electron chi connectivity index (χ4n) is 1.82. The quantitative estimate of drug-likeness (QED) is 0.810. The van der Waals surface area contributed by atoms with Gasteiger partial charge in [0.15, 0.2) is 0 Å². The van der Waals surface area contributed by atoms with Crippen molar-refractivity contribution in [2.24, 2.45) is 0 Å². The van der Waals surface area contributed by atoms with Crippen molar-refractivity contribution in [3.8, 4) is 0 Å². The van der Waals surface area contributed by atoms with E-state index in [2.05, 4.69) is 22.7 Å². The van der Waals surface area contributed by atoms with Crippen LogP contribution in [0.3, 0.4) is 0 Å². The Labute approximate surface area is 127 Å². The molecule has 0 saturated heterocycles. The Balaban J connectivity index is 2.29. The summed E-state index contributed by atoms with van der Waals surface area (Å²) in [6, 6.07) is 2.17. The van der Waals surface area contributed by atoms with Gasteiger partial charge in [-0.15, -0.1) is 0 Å². The smallest absolute Gasteiger partial charge is 0.407 e. The number of carbonyl (C=O) groups is 1. The molecule has 1 unspecified atom stereocenters. The van der Waals surface area contributed by atoms with Gasteiger partial charge in [0.25, 0.3) is 0 Å². The van der Waals surface area contributed by atoms with Crippen molar-refractivity contribution in [3.63, 3.8) is 0 Å². The number of nitrogens with zero attached hydrogens (tertiary/aromatic N) is 2. The van der Waals surface area contributed by atoms with Gasteiger partial charge in [0.05, 0.1) is 5.69 Å². The maximum absolute atomic E-state index is 11.6. The molecule has 0 aliphatic carbocycles. The second kappa shape index (κ2) is 8.02. The van der Waals surface area contributed by atoms with E-state index in [-0.39, 0.29) is 12.1 Å². The fraction of sp³-hybridized carbons (Fsp3) is 0.733.